The highest BCUT2D eigenvalue weighted by atomic mass is 16.5. The fourth-order valence-corrected chi connectivity index (χ4v) is 3.52. The number of carbonyl (C=O) groups is 2. The van der Waals surface area contributed by atoms with Gasteiger partial charge in [0.15, 0.2) is 5.75 Å². The van der Waals surface area contributed by atoms with Crippen LogP contribution in [0.25, 0.3) is 0 Å². The Bertz CT molecular complexity index is 972. The minimum atomic E-state index is -1.03. The molecule has 1 aliphatic rings. The Labute approximate surface area is 164 Å². The van der Waals surface area contributed by atoms with E-state index in [-0.39, 0.29) is 5.97 Å². The molecule has 3 rings (SSSR count). The minimum absolute atomic E-state index is 0.350. The molecule has 0 heterocycles. The van der Waals surface area contributed by atoms with Crippen LogP contribution in [0.3, 0.4) is 0 Å². The van der Waals surface area contributed by atoms with E-state index < -0.39 is 11.4 Å². The third kappa shape index (κ3) is 3.60. The molecule has 1 atom stereocenters. The summed E-state index contributed by atoms with van der Waals surface area (Å²) in [5.74, 6) is -0.445. The number of hydrogen-bond acceptors (Lipinski definition) is 5. The molecule has 0 saturated heterocycles. The minimum Gasteiger partial charge on any atom is -0.468 e. The number of ether oxygens (including phenoxy) is 2. The first-order chi connectivity index (χ1) is 13.4. The van der Waals surface area contributed by atoms with Crippen molar-refractivity contribution in [1.82, 2.24) is 0 Å². The van der Waals surface area contributed by atoms with Gasteiger partial charge in [0.1, 0.15) is 11.1 Å². The van der Waals surface area contributed by atoms with Crippen LogP contribution in [0.5, 0.6) is 5.75 Å². The second-order valence-electron chi connectivity index (χ2n) is 6.99. The number of carbonyl (C=O) groups excluding carboxylic acids is 2. The first-order valence-electron chi connectivity index (χ1n) is 9.06. The molecule has 0 aromatic heterocycles. The molecule has 1 aliphatic carbocycles. The highest BCUT2D eigenvalue weighted by molar-refractivity contribution is 6.20. The number of rotatable bonds is 4. The SMILES string of the molecule is COC(=O)C1(c2ccc(C)cc2)CC(C)=CC1=Nc1ccccc1OC(C)=O. The van der Waals surface area contributed by atoms with Gasteiger partial charge in [0.05, 0.1) is 12.8 Å². The molecule has 28 heavy (non-hydrogen) atoms. The summed E-state index contributed by atoms with van der Waals surface area (Å²) >= 11 is 0. The molecule has 144 valence electrons. The van der Waals surface area contributed by atoms with E-state index in [4.69, 9.17) is 14.5 Å². The van der Waals surface area contributed by atoms with Gasteiger partial charge in [-0.1, -0.05) is 47.5 Å². The smallest absolute Gasteiger partial charge is 0.322 e. The Kier molecular flexibility index (Phi) is 5.45. The van der Waals surface area contributed by atoms with Crippen molar-refractivity contribution in [2.75, 3.05) is 7.11 Å². The highest BCUT2D eigenvalue weighted by Crippen LogP contribution is 2.42. The van der Waals surface area contributed by atoms with E-state index in [1.54, 1.807) is 18.2 Å². The molecule has 0 N–H and O–H groups in total. The molecule has 0 aliphatic heterocycles. The number of allylic oxidation sites excluding steroid dienone is 2. The van der Waals surface area contributed by atoms with Gasteiger partial charge in [-0.15, -0.1) is 0 Å². The molecule has 5 nitrogen and oxygen atoms in total. The molecule has 0 spiro atoms. The summed E-state index contributed by atoms with van der Waals surface area (Å²) in [7, 11) is 1.39. The van der Waals surface area contributed by atoms with Crippen molar-refractivity contribution in [3.8, 4) is 5.75 Å². The zero-order chi connectivity index (χ0) is 20.3. The fraction of sp³-hybridized carbons (Fsp3) is 0.261. The van der Waals surface area contributed by atoms with E-state index in [1.165, 1.54) is 14.0 Å². The number of nitrogens with zero attached hydrogens (tertiary/aromatic N) is 1. The highest BCUT2D eigenvalue weighted by Gasteiger charge is 2.49. The Morgan fingerprint density at radius 2 is 1.71 bits per heavy atom. The number of aliphatic imine (C=N–C) groups is 1. The number of benzene rings is 2. The van der Waals surface area contributed by atoms with E-state index in [9.17, 15) is 9.59 Å². The molecule has 2 aromatic rings. The lowest BCUT2D eigenvalue weighted by Crippen LogP contribution is -2.41. The maximum absolute atomic E-state index is 13.0. The van der Waals surface area contributed by atoms with Crippen molar-refractivity contribution in [2.24, 2.45) is 4.99 Å². The monoisotopic (exact) mass is 377 g/mol. The van der Waals surface area contributed by atoms with Gasteiger partial charge in [-0.2, -0.15) is 0 Å². The van der Waals surface area contributed by atoms with Gasteiger partial charge in [0.2, 0.25) is 0 Å². The normalized spacial score (nSPS) is 20.0. The van der Waals surface area contributed by atoms with E-state index in [0.29, 0.717) is 23.6 Å². The van der Waals surface area contributed by atoms with Crippen LogP contribution in [0, 0.1) is 6.92 Å². The van der Waals surface area contributed by atoms with Crippen molar-refractivity contribution in [2.45, 2.75) is 32.6 Å². The standard InChI is InChI=1S/C23H23NO4/c1-15-9-11-18(12-10-15)23(22(26)27-4)14-16(2)13-21(23)24-19-7-5-6-8-20(19)28-17(3)25/h5-13H,14H2,1-4H3. The topological polar surface area (TPSA) is 65.0 Å². The molecule has 0 fully saturated rings. The summed E-state index contributed by atoms with van der Waals surface area (Å²) < 4.78 is 10.5. The molecule has 0 bridgehead atoms. The molecule has 2 aromatic carbocycles. The molecule has 0 amide bonds. The van der Waals surface area contributed by atoms with Crippen LogP contribution in [0.2, 0.25) is 0 Å². The predicted octanol–water partition coefficient (Wildman–Crippen LogP) is 4.45. The average Bonchev–Trinajstić information content (AvgIpc) is 2.99. The second-order valence-corrected chi connectivity index (χ2v) is 6.99. The Morgan fingerprint density at radius 3 is 2.36 bits per heavy atom. The van der Waals surface area contributed by atoms with Crippen LogP contribution in [-0.2, 0) is 19.7 Å². The number of methoxy groups -OCH3 is 1. The van der Waals surface area contributed by atoms with E-state index in [2.05, 4.69) is 0 Å². The van der Waals surface area contributed by atoms with Crippen LogP contribution in [0.4, 0.5) is 5.69 Å². The molecular weight excluding hydrogens is 354 g/mol. The largest absolute Gasteiger partial charge is 0.468 e. The average molecular weight is 377 g/mol. The first-order valence-corrected chi connectivity index (χ1v) is 9.06. The van der Waals surface area contributed by atoms with Crippen LogP contribution < -0.4 is 4.74 Å². The van der Waals surface area contributed by atoms with E-state index in [1.807, 2.05) is 50.3 Å². The third-order valence-corrected chi connectivity index (χ3v) is 4.80. The van der Waals surface area contributed by atoms with Crippen molar-refractivity contribution in [3.63, 3.8) is 0 Å². The van der Waals surface area contributed by atoms with Crippen molar-refractivity contribution < 1.29 is 19.1 Å². The van der Waals surface area contributed by atoms with Crippen molar-refractivity contribution in [1.29, 1.82) is 0 Å². The lowest BCUT2D eigenvalue weighted by Gasteiger charge is -2.28. The van der Waals surface area contributed by atoms with Crippen LogP contribution in [0.15, 0.2) is 65.2 Å². The number of hydrogen-bond donors (Lipinski definition) is 0. The van der Waals surface area contributed by atoms with Gasteiger partial charge < -0.3 is 9.47 Å². The summed E-state index contributed by atoms with van der Waals surface area (Å²) in [4.78, 5) is 29.2. The molecular formula is C23H23NO4. The van der Waals surface area contributed by atoms with E-state index >= 15 is 0 Å². The van der Waals surface area contributed by atoms with E-state index in [0.717, 1.165) is 16.7 Å². The van der Waals surface area contributed by atoms with Crippen molar-refractivity contribution >= 4 is 23.3 Å². The molecule has 0 saturated carbocycles. The first kappa shape index (κ1) is 19.5. The predicted molar refractivity (Wildman–Crippen MR) is 108 cm³/mol. The summed E-state index contributed by atoms with van der Waals surface area (Å²) in [6, 6.07) is 14.8. The number of para-hydroxylation sites is 2. The maximum Gasteiger partial charge on any atom is 0.322 e. The summed E-state index contributed by atoms with van der Waals surface area (Å²) in [5.41, 5.74) is 2.97. The summed E-state index contributed by atoms with van der Waals surface area (Å²) in [5, 5.41) is 0. The Morgan fingerprint density at radius 1 is 1.04 bits per heavy atom. The molecule has 1 unspecified atom stereocenters. The Hall–Kier alpha value is -3.21. The van der Waals surface area contributed by atoms with Gasteiger partial charge in [0, 0.05) is 6.92 Å². The number of aryl methyl sites for hydroxylation is 1. The molecule has 0 radical (unpaired) electrons. The van der Waals surface area contributed by atoms with Crippen LogP contribution in [0.1, 0.15) is 31.4 Å². The fourth-order valence-electron chi connectivity index (χ4n) is 3.52. The van der Waals surface area contributed by atoms with Crippen molar-refractivity contribution in [3.05, 3.63) is 71.3 Å². The second kappa shape index (κ2) is 7.80. The maximum atomic E-state index is 13.0. The summed E-state index contributed by atoms with van der Waals surface area (Å²) in [6.45, 7) is 5.30. The lowest BCUT2D eigenvalue weighted by atomic mass is 9.76. The quantitative estimate of drug-likeness (QED) is 0.583. The van der Waals surface area contributed by atoms with Gasteiger partial charge in [-0.05, 0) is 44.0 Å². The molecule has 5 heteroatoms. The van der Waals surface area contributed by atoms with Gasteiger partial charge in [0.25, 0.3) is 0 Å². The van der Waals surface area contributed by atoms with Gasteiger partial charge >= 0.3 is 11.9 Å². The summed E-state index contributed by atoms with van der Waals surface area (Å²) in [6.07, 6.45) is 2.39. The number of esters is 2. The van der Waals surface area contributed by atoms with Gasteiger partial charge in [-0.25, -0.2) is 4.99 Å². The zero-order valence-electron chi connectivity index (χ0n) is 16.5. The lowest BCUT2D eigenvalue weighted by molar-refractivity contribution is -0.144. The van der Waals surface area contributed by atoms with Gasteiger partial charge in [-0.3, -0.25) is 9.59 Å². The van der Waals surface area contributed by atoms with Crippen LogP contribution in [-0.4, -0.2) is 24.8 Å². The Balaban J connectivity index is 2.19. The van der Waals surface area contributed by atoms with Crippen LogP contribution >= 0.6 is 0 Å². The zero-order valence-corrected chi connectivity index (χ0v) is 16.5. The third-order valence-electron chi connectivity index (χ3n) is 4.80.